The highest BCUT2D eigenvalue weighted by Gasteiger charge is 2.66. The van der Waals surface area contributed by atoms with Crippen molar-refractivity contribution in [2.45, 2.75) is 79.6 Å². The van der Waals surface area contributed by atoms with Crippen LogP contribution in [-0.4, -0.2) is 19.0 Å². The van der Waals surface area contributed by atoms with E-state index >= 15 is 22.0 Å². The molecule has 180 valence electrons. The zero-order valence-corrected chi connectivity index (χ0v) is 20.0. The summed E-state index contributed by atoms with van der Waals surface area (Å²) in [5, 5.41) is 0. The van der Waals surface area contributed by atoms with E-state index in [-0.39, 0.29) is 24.0 Å². The second-order valence-corrected chi connectivity index (χ2v) is 7.79. The molecule has 1 nitrogen and oxygen atoms in total. The van der Waals surface area contributed by atoms with Crippen molar-refractivity contribution in [3.63, 3.8) is 0 Å². The molecule has 0 radical (unpaired) electrons. The summed E-state index contributed by atoms with van der Waals surface area (Å²) in [5.74, 6) is -13.5. The Morgan fingerprint density at radius 1 is 0.844 bits per heavy atom. The van der Waals surface area contributed by atoms with Gasteiger partial charge in [0.05, 0.1) is 18.3 Å². The Morgan fingerprint density at radius 3 is 1.81 bits per heavy atom. The Labute approximate surface area is 186 Å². The molecular weight excluding hydrogens is 430 g/mol. The van der Waals surface area contributed by atoms with Crippen LogP contribution in [0.5, 0.6) is 0 Å². The van der Waals surface area contributed by atoms with Gasteiger partial charge in [-0.1, -0.05) is 38.5 Å². The molecule has 1 rings (SSSR count). The van der Waals surface area contributed by atoms with Gasteiger partial charge in [-0.05, 0) is 69.2 Å². The van der Waals surface area contributed by atoms with Crippen molar-refractivity contribution < 1.29 is 31.1 Å². The molecule has 0 saturated heterocycles. The van der Waals surface area contributed by atoms with E-state index in [1.54, 1.807) is 26.0 Å². The highest BCUT2D eigenvalue weighted by Crippen LogP contribution is 2.56. The highest BCUT2D eigenvalue weighted by atomic mass is 19.3. The maximum atomic E-state index is 15.6. The van der Waals surface area contributed by atoms with Crippen LogP contribution < -0.4 is 0 Å². The van der Waals surface area contributed by atoms with Crippen molar-refractivity contribution in [1.29, 1.82) is 0 Å². The van der Waals surface area contributed by atoms with E-state index in [1.807, 2.05) is 13.8 Å². The third-order valence-corrected chi connectivity index (χ3v) is 5.83. The molecule has 0 amide bonds. The molecule has 32 heavy (non-hydrogen) atoms. The second kappa shape index (κ2) is 10.6. The molecule has 0 bridgehead atoms. The van der Waals surface area contributed by atoms with Gasteiger partial charge >= 0.3 is 11.8 Å². The Bertz CT molecular complexity index is 926. The number of methoxy groups -OCH3 is 1. The molecule has 0 atom stereocenters. The van der Waals surface area contributed by atoms with E-state index in [1.165, 1.54) is 6.92 Å². The molecular formula is C25H32F6O. The van der Waals surface area contributed by atoms with Crippen LogP contribution in [-0.2, 0) is 4.74 Å². The first-order valence-corrected chi connectivity index (χ1v) is 10.6. The standard InChI is InChI=1S/C25H32F6O/c1-9-14(4)12-13-15(5)18(10-2)23(27)20-16(6)19(11-3)21(22(26)17(7)32-8)25(30,31)24(20,28)29/h12-13H,9-11H2,1-8H3/b14-12+,15-13+,22-17-,23-18-. The zero-order chi connectivity index (χ0) is 25.0. The maximum Gasteiger partial charge on any atom is 0.343 e. The predicted molar refractivity (Wildman–Crippen MR) is 117 cm³/mol. The van der Waals surface area contributed by atoms with E-state index in [2.05, 4.69) is 4.74 Å². The van der Waals surface area contributed by atoms with Crippen LogP contribution in [0.25, 0.3) is 0 Å². The van der Waals surface area contributed by atoms with Gasteiger partial charge in [-0.2, -0.15) is 17.6 Å². The SMILES string of the molecule is CCC1=C(/C(F)=C(\C)OC)C(F)(F)C(F)(F)C(/C(F)=C(CC)/C(C)=C/C=C(\C)CC)=C1C. The van der Waals surface area contributed by atoms with Crippen LogP contribution in [0.15, 0.2) is 68.6 Å². The number of hydrogen-bond donors (Lipinski definition) is 0. The van der Waals surface area contributed by atoms with Crippen molar-refractivity contribution >= 4 is 0 Å². The van der Waals surface area contributed by atoms with Gasteiger partial charge in [0.2, 0.25) is 0 Å². The third-order valence-electron chi connectivity index (χ3n) is 5.83. The Balaban J connectivity index is 4.03. The fourth-order valence-corrected chi connectivity index (χ4v) is 3.60. The molecule has 0 spiro atoms. The minimum absolute atomic E-state index is 0.0146. The van der Waals surface area contributed by atoms with E-state index in [0.29, 0.717) is 5.57 Å². The van der Waals surface area contributed by atoms with E-state index in [4.69, 9.17) is 0 Å². The van der Waals surface area contributed by atoms with Crippen LogP contribution in [0, 0.1) is 0 Å². The first-order chi connectivity index (χ1) is 14.7. The van der Waals surface area contributed by atoms with E-state index < -0.39 is 46.0 Å². The fourth-order valence-electron chi connectivity index (χ4n) is 3.60. The largest absolute Gasteiger partial charge is 0.498 e. The number of halogens is 6. The molecule has 1 aliphatic carbocycles. The fraction of sp³-hybridized carbons (Fsp3) is 0.520. The van der Waals surface area contributed by atoms with Crippen LogP contribution in [0.3, 0.4) is 0 Å². The minimum atomic E-state index is -4.97. The van der Waals surface area contributed by atoms with Crippen molar-refractivity contribution in [3.8, 4) is 0 Å². The molecule has 0 saturated carbocycles. The summed E-state index contributed by atoms with van der Waals surface area (Å²) in [5.41, 5.74) is -2.36. The summed E-state index contributed by atoms with van der Waals surface area (Å²) in [7, 11) is 1.05. The van der Waals surface area contributed by atoms with Gasteiger partial charge < -0.3 is 4.74 Å². The summed E-state index contributed by atoms with van der Waals surface area (Å²) in [4.78, 5) is 0. The molecule has 0 aromatic carbocycles. The molecule has 0 aliphatic heterocycles. The van der Waals surface area contributed by atoms with Crippen molar-refractivity contribution in [1.82, 2.24) is 0 Å². The molecule has 0 fully saturated rings. The molecule has 0 aromatic rings. The van der Waals surface area contributed by atoms with Gasteiger partial charge in [0.15, 0.2) is 5.83 Å². The van der Waals surface area contributed by atoms with Crippen LogP contribution >= 0.6 is 0 Å². The average molecular weight is 463 g/mol. The summed E-state index contributed by atoms with van der Waals surface area (Å²) in [6.07, 6.45) is 3.89. The van der Waals surface area contributed by atoms with Gasteiger partial charge in [0, 0.05) is 0 Å². The number of alkyl halides is 4. The minimum Gasteiger partial charge on any atom is -0.498 e. The average Bonchev–Trinajstić information content (AvgIpc) is 2.73. The van der Waals surface area contributed by atoms with Crippen molar-refractivity contribution in [2.24, 2.45) is 0 Å². The van der Waals surface area contributed by atoms with Crippen LogP contribution in [0.2, 0.25) is 0 Å². The molecule has 0 heterocycles. The third kappa shape index (κ3) is 4.91. The first kappa shape index (κ1) is 27.9. The molecule has 0 aromatic heterocycles. The van der Waals surface area contributed by atoms with E-state index in [0.717, 1.165) is 33.0 Å². The summed E-state index contributed by atoms with van der Waals surface area (Å²) < 4.78 is 95.5. The maximum absolute atomic E-state index is 15.6. The lowest BCUT2D eigenvalue weighted by Crippen LogP contribution is -2.48. The van der Waals surface area contributed by atoms with Gasteiger partial charge in [-0.3, -0.25) is 0 Å². The zero-order valence-electron chi connectivity index (χ0n) is 20.0. The Morgan fingerprint density at radius 2 is 1.38 bits per heavy atom. The molecule has 0 unspecified atom stereocenters. The summed E-state index contributed by atoms with van der Waals surface area (Å²) in [6.45, 7) is 10.5. The summed E-state index contributed by atoms with van der Waals surface area (Å²) in [6, 6.07) is 0. The van der Waals surface area contributed by atoms with Crippen molar-refractivity contribution in [3.05, 3.63) is 68.6 Å². The monoisotopic (exact) mass is 462 g/mol. The smallest absolute Gasteiger partial charge is 0.343 e. The lowest BCUT2D eigenvalue weighted by Gasteiger charge is -2.37. The van der Waals surface area contributed by atoms with Crippen molar-refractivity contribution in [2.75, 3.05) is 7.11 Å². The quantitative estimate of drug-likeness (QED) is 0.199. The first-order valence-electron chi connectivity index (χ1n) is 10.6. The normalized spacial score (nSPS) is 20.9. The molecule has 1 aliphatic rings. The van der Waals surface area contributed by atoms with E-state index in [9.17, 15) is 4.39 Å². The lowest BCUT2D eigenvalue weighted by atomic mass is 9.77. The lowest BCUT2D eigenvalue weighted by molar-refractivity contribution is -0.164. The number of allylic oxidation sites excluding steroid dienone is 12. The Hall–Kier alpha value is -2.18. The topological polar surface area (TPSA) is 9.23 Å². The van der Waals surface area contributed by atoms with Crippen LogP contribution in [0.4, 0.5) is 26.3 Å². The number of rotatable bonds is 8. The Kier molecular flexibility index (Phi) is 9.25. The summed E-state index contributed by atoms with van der Waals surface area (Å²) >= 11 is 0. The highest BCUT2D eigenvalue weighted by molar-refractivity contribution is 5.61. The second-order valence-electron chi connectivity index (χ2n) is 7.79. The number of hydrogen-bond acceptors (Lipinski definition) is 1. The predicted octanol–water partition coefficient (Wildman–Crippen LogP) is 9.08. The van der Waals surface area contributed by atoms with Crippen LogP contribution in [0.1, 0.15) is 67.7 Å². The van der Waals surface area contributed by atoms with Gasteiger partial charge in [0.25, 0.3) is 0 Å². The number of ether oxygens (including phenoxy) is 1. The van der Waals surface area contributed by atoms with Gasteiger partial charge in [-0.25, -0.2) is 8.78 Å². The molecule has 7 heteroatoms. The van der Waals surface area contributed by atoms with Gasteiger partial charge in [0.1, 0.15) is 11.6 Å². The van der Waals surface area contributed by atoms with Gasteiger partial charge in [-0.15, -0.1) is 0 Å². The molecule has 0 N–H and O–H groups in total.